The van der Waals surface area contributed by atoms with Gasteiger partial charge >= 0.3 is 5.97 Å². The van der Waals surface area contributed by atoms with E-state index in [1.54, 1.807) is 13.2 Å². The van der Waals surface area contributed by atoms with Crippen LogP contribution in [-0.2, 0) is 20.7 Å². The number of rotatable bonds is 7. The predicted molar refractivity (Wildman–Crippen MR) is 113 cm³/mol. The maximum Gasteiger partial charge on any atom is 0.328 e. The maximum absolute atomic E-state index is 12.5. The first-order chi connectivity index (χ1) is 14.0. The molecule has 6 heteroatoms. The Labute approximate surface area is 169 Å². The van der Waals surface area contributed by atoms with Gasteiger partial charge in [0.2, 0.25) is 5.91 Å². The van der Waals surface area contributed by atoms with Gasteiger partial charge in [0.15, 0.2) is 0 Å². The molecular weight excluding hydrogens is 368 g/mol. The highest BCUT2D eigenvalue weighted by Crippen LogP contribution is 2.21. The van der Waals surface area contributed by atoms with Gasteiger partial charge in [-0.25, -0.2) is 4.79 Å². The van der Waals surface area contributed by atoms with E-state index in [1.807, 2.05) is 55.6 Å². The van der Waals surface area contributed by atoms with Crippen LogP contribution in [0.2, 0.25) is 0 Å². The molecule has 29 heavy (non-hydrogen) atoms. The number of hydrogen-bond donors (Lipinski definition) is 2. The molecule has 2 N–H and O–H groups in total. The summed E-state index contributed by atoms with van der Waals surface area (Å²) in [5.74, 6) is -0.211. The second-order valence-electron chi connectivity index (χ2n) is 6.73. The molecule has 0 bridgehead atoms. The molecule has 0 aliphatic rings. The number of amides is 1. The molecule has 6 nitrogen and oxygen atoms in total. The van der Waals surface area contributed by atoms with Crippen LogP contribution in [0.15, 0.2) is 54.7 Å². The van der Waals surface area contributed by atoms with Gasteiger partial charge in [0.25, 0.3) is 0 Å². The molecule has 0 radical (unpaired) electrons. The number of aryl methyl sites for hydroxylation is 1. The van der Waals surface area contributed by atoms with Crippen LogP contribution in [-0.4, -0.2) is 37.1 Å². The summed E-state index contributed by atoms with van der Waals surface area (Å²) >= 11 is 0. The van der Waals surface area contributed by atoms with Gasteiger partial charge in [0, 0.05) is 35.2 Å². The van der Waals surface area contributed by atoms with Gasteiger partial charge in [-0.3, -0.25) is 4.79 Å². The Morgan fingerprint density at radius 2 is 1.97 bits per heavy atom. The lowest BCUT2D eigenvalue weighted by atomic mass is 10.0. The standard InChI is InChI=1S/C23H24N2O4/c1-15-8-10-21(28-2)16(12-15)9-11-22(26)25-20(23(27)29-3)13-17-14-24-19-7-5-4-6-18(17)19/h4-12,14,20,24H,13H2,1-3H3,(H,25,26)/b11-9+/t20-/m1/s1. The number of ether oxygens (including phenoxy) is 2. The summed E-state index contributed by atoms with van der Waals surface area (Å²) in [6.45, 7) is 1.96. The molecule has 0 unspecified atom stereocenters. The first-order valence-corrected chi connectivity index (χ1v) is 9.28. The number of benzene rings is 2. The normalized spacial score (nSPS) is 12.1. The van der Waals surface area contributed by atoms with Crippen molar-refractivity contribution in [1.29, 1.82) is 0 Å². The second-order valence-corrected chi connectivity index (χ2v) is 6.73. The van der Waals surface area contributed by atoms with Gasteiger partial charge in [0.1, 0.15) is 11.8 Å². The first kappa shape index (κ1) is 20.2. The van der Waals surface area contributed by atoms with Crippen LogP contribution < -0.4 is 10.1 Å². The second kappa shape index (κ2) is 9.10. The summed E-state index contributed by atoms with van der Waals surface area (Å²) in [6, 6.07) is 12.7. The van der Waals surface area contributed by atoms with E-state index in [0.29, 0.717) is 12.2 Å². The predicted octanol–water partition coefficient (Wildman–Crippen LogP) is 3.40. The molecule has 150 valence electrons. The molecule has 1 heterocycles. The summed E-state index contributed by atoms with van der Waals surface area (Å²) in [4.78, 5) is 27.9. The minimum absolute atomic E-state index is 0.323. The molecule has 2 aromatic carbocycles. The highest BCUT2D eigenvalue weighted by Gasteiger charge is 2.22. The molecule has 0 saturated carbocycles. The van der Waals surface area contributed by atoms with Crippen LogP contribution in [0, 0.1) is 6.92 Å². The summed E-state index contributed by atoms with van der Waals surface area (Å²) in [5.41, 5.74) is 3.75. The Balaban J connectivity index is 1.76. The lowest BCUT2D eigenvalue weighted by Crippen LogP contribution is -2.42. The monoisotopic (exact) mass is 392 g/mol. The van der Waals surface area contributed by atoms with E-state index in [0.717, 1.165) is 27.6 Å². The average molecular weight is 392 g/mol. The van der Waals surface area contributed by atoms with Crippen LogP contribution in [0.25, 0.3) is 17.0 Å². The number of para-hydroxylation sites is 1. The van der Waals surface area contributed by atoms with E-state index >= 15 is 0 Å². The quantitative estimate of drug-likeness (QED) is 0.477. The van der Waals surface area contributed by atoms with Crippen LogP contribution in [0.1, 0.15) is 16.7 Å². The number of nitrogens with one attached hydrogen (secondary N) is 2. The van der Waals surface area contributed by atoms with Crippen molar-refractivity contribution in [1.82, 2.24) is 10.3 Å². The Morgan fingerprint density at radius 3 is 2.72 bits per heavy atom. The Bertz CT molecular complexity index is 1050. The molecule has 0 fully saturated rings. The Morgan fingerprint density at radius 1 is 1.17 bits per heavy atom. The number of esters is 1. The van der Waals surface area contributed by atoms with E-state index in [1.165, 1.54) is 13.2 Å². The van der Waals surface area contributed by atoms with Crippen molar-refractivity contribution < 1.29 is 19.1 Å². The lowest BCUT2D eigenvalue weighted by molar-refractivity contribution is -0.144. The lowest BCUT2D eigenvalue weighted by Gasteiger charge is -2.15. The third-order valence-electron chi connectivity index (χ3n) is 4.70. The van der Waals surface area contributed by atoms with Crippen molar-refractivity contribution in [3.05, 3.63) is 71.4 Å². The van der Waals surface area contributed by atoms with Gasteiger partial charge in [0.05, 0.1) is 14.2 Å². The highest BCUT2D eigenvalue weighted by molar-refractivity contribution is 5.95. The molecule has 3 rings (SSSR count). The zero-order valence-electron chi connectivity index (χ0n) is 16.7. The minimum atomic E-state index is -0.796. The number of fused-ring (bicyclic) bond motifs is 1. The molecule has 0 aliphatic carbocycles. The number of aromatic nitrogens is 1. The van der Waals surface area contributed by atoms with Crippen molar-refractivity contribution in [3.8, 4) is 5.75 Å². The fourth-order valence-corrected chi connectivity index (χ4v) is 3.23. The van der Waals surface area contributed by atoms with Crippen molar-refractivity contribution >= 4 is 28.9 Å². The van der Waals surface area contributed by atoms with E-state index < -0.39 is 12.0 Å². The number of hydrogen-bond acceptors (Lipinski definition) is 4. The van der Waals surface area contributed by atoms with E-state index in [2.05, 4.69) is 10.3 Å². The molecule has 0 spiro atoms. The van der Waals surface area contributed by atoms with Crippen molar-refractivity contribution in [3.63, 3.8) is 0 Å². The average Bonchev–Trinajstić information content (AvgIpc) is 3.14. The number of H-pyrrole nitrogens is 1. The summed E-state index contributed by atoms with van der Waals surface area (Å²) in [5, 5.41) is 3.75. The van der Waals surface area contributed by atoms with E-state index in [-0.39, 0.29) is 5.91 Å². The topological polar surface area (TPSA) is 80.4 Å². The fourth-order valence-electron chi connectivity index (χ4n) is 3.23. The number of carbonyl (C=O) groups is 2. The van der Waals surface area contributed by atoms with Crippen LogP contribution in [0.4, 0.5) is 0 Å². The molecule has 0 aliphatic heterocycles. The van der Waals surface area contributed by atoms with Gasteiger partial charge in [-0.15, -0.1) is 0 Å². The van der Waals surface area contributed by atoms with Crippen molar-refractivity contribution in [2.75, 3.05) is 14.2 Å². The van der Waals surface area contributed by atoms with Crippen LogP contribution in [0.3, 0.4) is 0 Å². The molecule has 1 atom stereocenters. The third kappa shape index (κ3) is 4.85. The Kier molecular flexibility index (Phi) is 6.34. The van der Waals surface area contributed by atoms with Crippen LogP contribution in [0.5, 0.6) is 5.75 Å². The zero-order chi connectivity index (χ0) is 20.8. The summed E-state index contributed by atoms with van der Waals surface area (Å²) in [6.07, 6.45) is 5.23. The maximum atomic E-state index is 12.5. The van der Waals surface area contributed by atoms with Crippen molar-refractivity contribution in [2.45, 2.75) is 19.4 Å². The molecule has 3 aromatic rings. The number of carbonyl (C=O) groups excluding carboxylic acids is 2. The highest BCUT2D eigenvalue weighted by atomic mass is 16.5. The number of methoxy groups -OCH3 is 2. The third-order valence-corrected chi connectivity index (χ3v) is 4.70. The SMILES string of the molecule is COC(=O)[C@@H](Cc1c[nH]c2ccccc12)NC(=O)/C=C/c1cc(C)ccc1OC. The van der Waals surface area contributed by atoms with E-state index in [4.69, 9.17) is 9.47 Å². The molecule has 1 aromatic heterocycles. The van der Waals surface area contributed by atoms with Gasteiger partial charge in [-0.2, -0.15) is 0 Å². The summed E-state index contributed by atoms with van der Waals surface area (Å²) in [7, 11) is 2.89. The summed E-state index contributed by atoms with van der Waals surface area (Å²) < 4.78 is 10.2. The smallest absolute Gasteiger partial charge is 0.328 e. The Hall–Kier alpha value is -3.54. The van der Waals surface area contributed by atoms with Crippen LogP contribution >= 0.6 is 0 Å². The van der Waals surface area contributed by atoms with Gasteiger partial charge < -0.3 is 19.8 Å². The van der Waals surface area contributed by atoms with Gasteiger partial charge in [-0.1, -0.05) is 29.8 Å². The molecule has 1 amide bonds. The molecular formula is C23H24N2O4. The first-order valence-electron chi connectivity index (χ1n) is 9.28. The molecule has 0 saturated heterocycles. The van der Waals surface area contributed by atoms with Gasteiger partial charge in [-0.05, 0) is 36.8 Å². The van der Waals surface area contributed by atoms with E-state index in [9.17, 15) is 9.59 Å². The largest absolute Gasteiger partial charge is 0.496 e. The minimum Gasteiger partial charge on any atom is -0.496 e. The number of aromatic amines is 1. The fraction of sp³-hybridized carbons (Fsp3) is 0.217. The zero-order valence-corrected chi connectivity index (χ0v) is 16.7. The van der Waals surface area contributed by atoms with Crippen molar-refractivity contribution in [2.24, 2.45) is 0 Å².